The SMILES string of the molecule is CC(C)(N)CC1(C(N)=O)CC1(C)N. The van der Waals surface area contributed by atoms with Gasteiger partial charge in [-0.25, -0.2) is 0 Å². The Bertz CT molecular complexity index is 242. The molecule has 0 aromatic heterocycles. The molecule has 0 spiro atoms. The predicted octanol–water partition coefficient (Wildman–Crippen LogP) is -0.293. The van der Waals surface area contributed by atoms with E-state index in [2.05, 4.69) is 0 Å². The first kappa shape index (κ1) is 10.5. The largest absolute Gasteiger partial charge is 0.369 e. The Kier molecular flexibility index (Phi) is 1.98. The fourth-order valence-electron chi connectivity index (χ4n) is 2.08. The van der Waals surface area contributed by atoms with Crippen molar-refractivity contribution in [3.8, 4) is 0 Å². The van der Waals surface area contributed by atoms with E-state index in [0.717, 1.165) is 0 Å². The van der Waals surface area contributed by atoms with E-state index in [4.69, 9.17) is 17.2 Å². The molecule has 1 saturated carbocycles. The molecule has 0 bridgehead atoms. The molecule has 1 aliphatic carbocycles. The highest BCUT2D eigenvalue weighted by Gasteiger charge is 2.67. The molecule has 4 heteroatoms. The van der Waals surface area contributed by atoms with Crippen LogP contribution in [0.1, 0.15) is 33.6 Å². The van der Waals surface area contributed by atoms with Crippen LogP contribution >= 0.6 is 0 Å². The van der Waals surface area contributed by atoms with Crippen molar-refractivity contribution in [2.75, 3.05) is 0 Å². The molecule has 1 amide bonds. The van der Waals surface area contributed by atoms with Crippen molar-refractivity contribution in [3.05, 3.63) is 0 Å². The third-order valence-electron chi connectivity index (χ3n) is 2.87. The van der Waals surface area contributed by atoms with Gasteiger partial charge in [0.15, 0.2) is 0 Å². The second-order valence-corrected chi connectivity index (χ2v) is 5.21. The van der Waals surface area contributed by atoms with Crippen LogP contribution in [0.4, 0.5) is 0 Å². The first-order chi connectivity index (χ1) is 5.61. The van der Waals surface area contributed by atoms with Crippen molar-refractivity contribution in [1.29, 1.82) is 0 Å². The summed E-state index contributed by atoms with van der Waals surface area (Å²) in [5.74, 6) is -0.323. The summed E-state index contributed by atoms with van der Waals surface area (Å²) in [6.45, 7) is 5.61. The van der Waals surface area contributed by atoms with Crippen LogP contribution in [0.25, 0.3) is 0 Å². The Labute approximate surface area is 78.8 Å². The van der Waals surface area contributed by atoms with Crippen LogP contribution in [0.3, 0.4) is 0 Å². The Balaban J connectivity index is 2.81. The molecule has 0 aliphatic heterocycles. The van der Waals surface area contributed by atoms with Gasteiger partial charge in [-0.15, -0.1) is 0 Å². The molecule has 13 heavy (non-hydrogen) atoms. The Morgan fingerprint density at radius 3 is 2.00 bits per heavy atom. The summed E-state index contributed by atoms with van der Waals surface area (Å²) < 4.78 is 0. The van der Waals surface area contributed by atoms with E-state index < -0.39 is 16.5 Å². The summed E-state index contributed by atoms with van der Waals surface area (Å²) >= 11 is 0. The van der Waals surface area contributed by atoms with Gasteiger partial charge >= 0.3 is 0 Å². The first-order valence-electron chi connectivity index (χ1n) is 4.48. The van der Waals surface area contributed by atoms with E-state index in [0.29, 0.717) is 12.8 Å². The number of carbonyl (C=O) groups is 1. The van der Waals surface area contributed by atoms with E-state index in [1.807, 2.05) is 20.8 Å². The molecule has 1 fully saturated rings. The van der Waals surface area contributed by atoms with Gasteiger partial charge in [-0.2, -0.15) is 0 Å². The van der Waals surface area contributed by atoms with Gasteiger partial charge < -0.3 is 17.2 Å². The van der Waals surface area contributed by atoms with E-state index in [1.165, 1.54) is 0 Å². The summed E-state index contributed by atoms with van der Waals surface area (Å²) in [4.78, 5) is 11.3. The maximum atomic E-state index is 11.3. The molecule has 0 aromatic carbocycles. The highest BCUT2D eigenvalue weighted by atomic mass is 16.1. The van der Waals surface area contributed by atoms with Gasteiger partial charge in [0.1, 0.15) is 0 Å². The summed E-state index contributed by atoms with van der Waals surface area (Å²) in [6.07, 6.45) is 1.21. The minimum absolute atomic E-state index is 0.323. The minimum atomic E-state index is -0.578. The normalized spacial score (nSPS) is 38.8. The van der Waals surface area contributed by atoms with Crippen LogP contribution in [0, 0.1) is 5.41 Å². The summed E-state index contributed by atoms with van der Waals surface area (Å²) in [5.41, 5.74) is 15.7. The van der Waals surface area contributed by atoms with Crippen LogP contribution < -0.4 is 17.2 Å². The highest BCUT2D eigenvalue weighted by Crippen LogP contribution is 2.58. The van der Waals surface area contributed by atoms with Gasteiger partial charge in [0.05, 0.1) is 5.41 Å². The maximum absolute atomic E-state index is 11.3. The third kappa shape index (κ3) is 1.69. The quantitative estimate of drug-likeness (QED) is 0.563. The molecule has 0 aromatic rings. The van der Waals surface area contributed by atoms with Crippen molar-refractivity contribution < 1.29 is 4.79 Å². The van der Waals surface area contributed by atoms with Crippen molar-refractivity contribution >= 4 is 5.91 Å². The molecular weight excluding hydrogens is 166 g/mol. The zero-order valence-electron chi connectivity index (χ0n) is 8.55. The fraction of sp³-hybridized carbons (Fsp3) is 0.889. The average molecular weight is 185 g/mol. The van der Waals surface area contributed by atoms with Crippen LogP contribution in [0.5, 0.6) is 0 Å². The second-order valence-electron chi connectivity index (χ2n) is 5.21. The summed E-state index contributed by atoms with van der Waals surface area (Å²) in [7, 11) is 0. The van der Waals surface area contributed by atoms with Crippen LogP contribution in [0.2, 0.25) is 0 Å². The van der Waals surface area contributed by atoms with Crippen LogP contribution in [-0.2, 0) is 4.79 Å². The summed E-state index contributed by atoms with van der Waals surface area (Å²) in [6, 6.07) is 0. The maximum Gasteiger partial charge on any atom is 0.225 e. The topological polar surface area (TPSA) is 95.1 Å². The number of carbonyl (C=O) groups excluding carboxylic acids is 1. The van der Waals surface area contributed by atoms with Crippen molar-refractivity contribution in [1.82, 2.24) is 0 Å². The Morgan fingerprint density at radius 1 is 1.54 bits per heavy atom. The average Bonchev–Trinajstić information content (AvgIpc) is 2.30. The molecule has 2 atom stereocenters. The van der Waals surface area contributed by atoms with Gasteiger partial charge in [0, 0.05) is 11.1 Å². The minimum Gasteiger partial charge on any atom is -0.369 e. The lowest BCUT2D eigenvalue weighted by Crippen LogP contribution is -2.45. The van der Waals surface area contributed by atoms with Crippen molar-refractivity contribution in [3.63, 3.8) is 0 Å². The number of nitrogens with two attached hydrogens (primary N) is 3. The summed E-state index contributed by atoms with van der Waals surface area (Å²) in [5, 5.41) is 0. The van der Waals surface area contributed by atoms with E-state index >= 15 is 0 Å². The molecular formula is C9H19N3O. The Morgan fingerprint density at radius 2 is 1.92 bits per heavy atom. The molecule has 4 nitrogen and oxygen atoms in total. The number of rotatable bonds is 3. The standard InChI is InChI=1S/C9H19N3O/c1-7(2,11)4-9(6(10)13)5-8(9,3)12/h4-5,11-12H2,1-3H3,(H2,10,13). The van der Waals surface area contributed by atoms with Crippen molar-refractivity contribution in [2.45, 2.75) is 44.7 Å². The molecule has 1 rings (SSSR count). The van der Waals surface area contributed by atoms with E-state index in [-0.39, 0.29) is 5.91 Å². The van der Waals surface area contributed by atoms with Gasteiger partial charge in [-0.1, -0.05) is 0 Å². The van der Waals surface area contributed by atoms with E-state index in [9.17, 15) is 4.79 Å². The molecule has 0 heterocycles. The van der Waals surface area contributed by atoms with Crippen LogP contribution in [-0.4, -0.2) is 17.0 Å². The molecule has 2 unspecified atom stereocenters. The number of primary amides is 1. The second kappa shape index (κ2) is 2.45. The zero-order chi connectivity index (χ0) is 10.5. The number of amides is 1. The molecule has 0 saturated heterocycles. The van der Waals surface area contributed by atoms with Gasteiger partial charge in [0.25, 0.3) is 0 Å². The van der Waals surface area contributed by atoms with E-state index in [1.54, 1.807) is 0 Å². The number of hydrogen-bond donors (Lipinski definition) is 3. The monoisotopic (exact) mass is 185 g/mol. The molecule has 6 N–H and O–H groups in total. The molecule has 76 valence electrons. The van der Waals surface area contributed by atoms with Crippen molar-refractivity contribution in [2.24, 2.45) is 22.6 Å². The highest BCUT2D eigenvalue weighted by molar-refractivity contribution is 5.86. The fourth-order valence-corrected chi connectivity index (χ4v) is 2.08. The zero-order valence-corrected chi connectivity index (χ0v) is 8.55. The first-order valence-corrected chi connectivity index (χ1v) is 4.48. The van der Waals surface area contributed by atoms with Gasteiger partial charge in [-0.3, -0.25) is 4.79 Å². The molecule has 0 radical (unpaired) electrons. The lowest BCUT2D eigenvalue weighted by Gasteiger charge is -2.26. The molecule has 1 aliphatic rings. The number of hydrogen-bond acceptors (Lipinski definition) is 3. The van der Waals surface area contributed by atoms with Gasteiger partial charge in [-0.05, 0) is 33.6 Å². The predicted molar refractivity (Wildman–Crippen MR) is 51.7 cm³/mol. The van der Waals surface area contributed by atoms with Crippen LogP contribution in [0.15, 0.2) is 0 Å². The van der Waals surface area contributed by atoms with Gasteiger partial charge in [0.2, 0.25) is 5.91 Å². The lowest BCUT2D eigenvalue weighted by atomic mass is 9.85. The lowest BCUT2D eigenvalue weighted by molar-refractivity contribution is -0.124. The third-order valence-corrected chi connectivity index (χ3v) is 2.87. The smallest absolute Gasteiger partial charge is 0.225 e. The Hall–Kier alpha value is -0.610.